The van der Waals surface area contributed by atoms with E-state index in [1.165, 1.54) is 0 Å². The van der Waals surface area contributed by atoms with E-state index < -0.39 is 0 Å². The summed E-state index contributed by atoms with van der Waals surface area (Å²) in [4.78, 5) is 12.1. The Morgan fingerprint density at radius 1 is 1.18 bits per heavy atom. The van der Waals surface area contributed by atoms with E-state index >= 15 is 0 Å². The van der Waals surface area contributed by atoms with Crippen molar-refractivity contribution in [2.45, 2.75) is 12.3 Å². The average Bonchev–Trinajstić information content (AvgIpc) is 2.53. The number of rotatable bonds is 3. The van der Waals surface area contributed by atoms with Gasteiger partial charge in [0.25, 0.3) is 0 Å². The van der Waals surface area contributed by atoms with Crippen molar-refractivity contribution in [1.29, 1.82) is 0 Å². The number of halogens is 1. The van der Waals surface area contributed by atoms with Gasteiger partial charge in [0.05, 0.1) is 19.9 Å². The van der Waals surface area contributed by atoms with Crippen LogP contribution in [0.5, 0.6) is 11.5 Å². The first-order valence-electron chi connectivity index (χ1n) is 6.94. The van der Waals surface area contributed by atoms with E-state index in [2.05, 4.69) is 5.32 Å². The zero-order valence-electron chi connectivity index (χ0n) is 12.4. The van der Waals surface area contributed by atoms with Gasteiger partial charge in [-0.25, -0.2) is 0 Å². The fourth-order valence-electron chi connectivity index (χ4n) is 2.86. The van der Waals surface area contributed by atoms with Crippen LogP contribution in [-0.4, -0.2) is 20.1 Å². The third-order valence-corrected chi connectivity index (χ3v) is 4.21. The van der Waals surface area contributed by atoms with E-state index in [0.717, 1.165) is 11.1 Å². The molecular weight excluding hydrogens is 302 g/mol. The normalized spacial score (nSPS) is 16.7. The molecule has 1 unspecified atom stereocenters. The van der Waals surface area contributed by atoms with Crippen LogP contribution in [0.25, 0.3) is 0 Å². The monoisotopic (exact) mass is 317 g/mol. The minimum absolute atomic E-state index is 0.0484. The van der Waals surface area contributed by atoms with Crippen molar-refractivity contribution in [2.24, 2.45) is 0 Å². The number of fused-ring (bicyclic) bond motifs is 1. The molecule has 4 nitrogen and oxygen atoms in total. The lowest BCUT2D eigenvalue weighted by Gasteiger charge is -2.28. The summed E-state index contributed by atoms with van der Waals surface area (Å²) >= 11 is 6.33. The number of hydrogen-bond donors (Lipinski definition) is 1. The second-order valence-corrected chi connectivity index (χ2v) is 5.52. The quantitative estimate of drug-likeness (QED) is 0.936. The van der Waals surface area contributed by atoms with Crippen molar-refractivity contribution in [1.82, 2.24) is 0 Å². The summed E-state index contributed by atoms with van der Waals surface area (Å²) in [5.74, 6) is 1.13. The molecule has 22 heavy (non-hydrogen) atoms. The Balaban J connectivity index is 2.20. The molecule has 0 radical (unpaired) electrons. The highest BCUT2D eigenvalue weighted by molar-refractivity contribution is 6.31. The summed E-state index contributed by atoms with van der Waals surface area (Å²) in [5, 5.41) is 3.53. The maximum absolute atomic E-state index is 12.1. The Hall–Kier alpha value is -2.20. The molecule has 1 atom stereocenters. The maximum Gasteiger partial charge on any atom is 0.225 e. The molecule has 1 amide bonds. The molecule has 0 saturated carbocycles. The van der Waals surface area contributed by atoms with Crippen molar-refractivity contribution in [3.05, 3.63) is 52.5 Å². The second-order valence-electron chi connectivity index (χ2n) is 5.12. The molecule has 0 spiro atoms. The van der Waals surface area contributed by atoms with Gasteiger partial charge >= 0.3 is 0 Å². The van der Waals surface area contributed by atoms with Gasteiger partial charge in [0.15, 0.2) is 0 Å². The van der Waals surface area contributed by atoms with Crippen molar-refractivity contribution in [3.8, 4) is 11.5 Å². The summed E-state index contributed by atoms with van der Waals surface area (Å²) in [7, 11) is 3.19. The van der Waals surface area contributed by atoms with E-state index in [-0.39, 0.29) is 11.8 Å². The van der Waals surface area contributed by atoms with Gasteiger partial charge < -0.3 is 14.8 Å². The number of ether oxygens (including phenoxy) is 2. The molecule has 114 valence electrons. The van der Waals surface area contributed by atoms with Crippen LogP contribution in [0.15, 0.2) is 36.4 Å². The zero-order valence-corrected chi connectivity index (χ0v) is 13.1. The molecule has 2 aromatic rings. The van der Waals surface area contributed by atoms with Crippen molar-refractivity contribution >= 4 is 23.2 Å². The van der Waals surface area contributed by atoms with Crippen LogP contribution in [0, 0.1) is 0 Å². The molecule has 2 aromatic carbocycles. The Morgan fingerprint density at radius 2 is 1.95 bits per heavy atom. The lowest BCUT2D eigenvalue weighted by atomic mass is 9.84. The lowest BCUT2D eigenvalue weighted by molar-refractivity contribution is -0.116. The number of hydrogen-bond acceptors (Lipinski definition) is 3. The molecule has 1 heterocycles. The number of methoxy groups -OCH3 is 2. The molecule has 5 heteroatoms. The molecule has 0 aliphatic carbocycles. The van der Waals surface area contributed by atoms with Gasteiger partial charge in [-0.2, -0.15) is 0 Å². The van der Waals surface area contributed by atoms with Gasteiger partial charge in [0, 0.05) is 35.1 Å². The number of anilines is 1. The number of carbonyl (C=O) groups excluding carboxylic acids is 1. The van der Waals surface area contributed by atoms with Gasteiger partial charge in [0.2, 0.25) is 5.91 Å². The van der Waals surface area contributed by atoms with Crippen LogP contribution in [0.3, 0.4) is 0 Å². The fourth-order valence-corrected chi connectivity index (χ4v) is 3.13. The standard InChI is InChI=1S/C17H16ClNO3/c1-21-10-7-14-17(15(8-10)22-2)12(9-16(20)19-14)11-5-3-4-6-13(11)18/h3-8,12H,9H2,1-2H3,(H,19,20). The average molecular weight is 318 g/mol. The van der Waals surface area contributed by atoms with Crippen LogP contribution in [-0.2, 0) is 4.79 Å². The molecule has 0 aromatic heterocycles. The fraction of sp³-hybridized carbons (Fsp3) is 0.235. The first-order valence-corrected chi connectivity index (χ1v) is 7.32. The van der Waals surface area contributed by atoms with Gasteiger partial charge in [-0.05, 0) is 11.6 Å². The lowest BCUT2D eigenvalue weighted by Crippen LogP contribution is -2.24. The zero-order chi connectivity index (χ0) is 15.7. The Kier molecular flexibility index (Phi) is 3.94. The third kappa shape index (κ3) is 2.50. The van der Waals surface area contributed by atoms with Crippen LogP contribution >= 0.6 is 11.6 Å². The number of nitrogens with one attached hydrogen (secondary N) is 1. The van der Waals surface area contributed by atoms with Gasteiger partial charge in [0.1, 0.15) is 11.5 Å². The molecule has 0 bridgehead atoms. The van der Waals surface area contributed by atoms with E-state index in [0.29, 0.717) is 28.6 Å². The van der Waals surface area contributed by atoms with Crippen molar-refractivity contribution < 1.29 is 14.3 Å². The van der Waals surface area contributed by atoms with E-state index in [9.17, 15) is 4.79 Å². The first kappa shape index (κ1) is 14.7. The molecule has 1 N–H and O–H groups in total. The van der Waals surface area contributed by atoms with Crippen molar-refractivity contribution in [3.63, 3.8) is 0 Å². The summed E-state index contributed by atoms with van der Waals surface area (Å²) in [6, 6.07) is 11.2. The van der Waals surface area contributed by atoms with Crippen LogP contribution in [0.4, 0.5) is 5.69 Å². The minimum atomic E-state index is -0.140. The predicted octanol–water partition coefficient (Wildman–Crippen LogP) is 3.83. The number of benzene rings is 2. The Bertz CT molecular complexity index is 730. The summed E-state index contributed by atoms with van der Waals surface area (Å²) < 4.78 is 10.8. The van der Waals surface area contributed by atoms with Crippen LogP contribution in [0.1, 0.15) is 23.5 Å². The van der Waals surface area contributed by atoms with Gasteiger partial charge in [-0.15, -0.1) is 0 Å². The van der Waals surface area contributed by atoms with E-state index in [4.69, 9.17) is 21.1 Å². The summed E-state index contributed by atoms with van der Waals surface area (Å²) in [6.07, 6.45) is 0.333. The van der Waals surface area contributed by atoms with Crippen LogP contribution < -0.4 is 14.8 Å². The highest BCUT2D eigenvalue weighted by Crippen LogP contribution is 2.46. The number of amides is 1. The molecule has 1 aliphatic heterocycles. The molecule has 3 rings (SSSR count). The SMILES string of the molecule is COc1cc2c(c(OC)c1)C(c1ccccc1Cl)CC(=O)N2. The Morgan fingerprint density at radius 3 is 2.64 bits per heavy atom. The maximum atomic E-state index is 12.1. The highest BCUT2D eigenvalue weighted by Gasteiger charge is 2.31. The second kappa shape index (κ2) is 5.89. The minimum Gasteiger partial charge on any atom is -0.497 e. The summed E-state index contributed by atoms with van der Waals surface area (Å²) in [6.45, 7) is 0. The number of carbonyl (C=O) groups is 1. The van der Waals surface area contributed by atoms with E-state index in [1.54, 1.807) is 20.3 Å². The van der Waals surface area contributed by atoms with Gasteiger partial charge in [-0.1, -0.05) is 29.8 Å². The van der Waals surface area contributed by atoms with E-state index in [1.807, 2.05) is 30.3 Å². The largest absolute Gasteiger partial charge is 0.497 e. The van der Waals surface area contributed by atoms with Gasteiger partial charge in [-0.3, -0.25) is 4.79 Å². The predicted molar refractivity (Wildman–Crippen MR) is 86.1 cm³/mol. The summed E-state index contributed by atoms with van der Waals surface area (Å²) in [5.41, 5.74) is 2.55. The molecule has 0 fully saturated rings. The molecular formula is C17H16ClNO3. The van der Waals surface area contributed by atoms with Crippen LogP contribution in [0.2, 0.25) is 5.02 Å². The topological polar surface area (TPSA) is 47.6 Å². The first-order chi connectivity index (χ1) is 10.6. The van der Waals surface area contributed by atoms with Crippen molar-refractivity contribution in [2.75, 3.05) is 19.5 Å². The third-order valence-electron chi connectivity index (χ3n) is 3.86. The Labute approximate surface area is 134 Å². The smallest absolute Gasteiger partial charge is 0.225 e. The molecule has 0 saturated heterocycles. The highest BCUT2D eigenvalue weighted by atomic mass is 35.5. The molecule has 1 aliphatic rings.